The Balaban J connectivity index is 1.84. The lowest BCUT2D eigenvalue weighted by Crippen LogP contribution is -2.03. The van der Waals surface area contributed by atoms with E-state index in [1.165, 1.54) is 11.1 Å². The van der Waals surface area contributed by atoms with Crippen molar-refractivity contribution in [2.45, 2.75) is 25.0 Å². The van der Waals surface area contributed by atoms with Gasteiger partial charge in [-0.25, -0.2) is 0 Å². The molecule has 3 rings (SSSR count). The summed E-state index contributed by atoms with van der Waals surface area (Å²) >= 11 is 6.21. The average molecular weight is 225 g/mol. The predicted octanol–water partition coefficient (Wildman–Crippen LogP) is 2.22. The van der Waals surface area contributed by atoms with E-state index in [0.717, 1.165) is 31.1 Å². The molecule has 0 amide bonds. The lowest BCUT2D eigenvalue weighted by atomic mass is 9.99. The summed E-state index contributed by atoms with van der Waals surface area (Å²) in [5.41, 5.74) is 2.57. The van der Waals surface area contributed by atoms with Gasteiger partial charge in [-0.05, 0) is 17.2 Å². The fraction of sp³-hybridized carbons (Fsp3) is 0.500. The molecule has 2 heterocycles. The molecule has 80 valence electrons. The molecule has 0 N–H and O–H groups in total. The molecule has 0 saturated carbocycles. The van der Waals surface area contributed by atoms with Gasteiger partial charge in [0, 0.05) is 17.9 Å². The Morgan fingerprint density at radius 1 is 1.13 bits per heavy atom. The van der Waals surface area contributed by atoms with E-state index in [9.17, 15) is 0 Å². The second kappa shape index (κ2) is 3.78. The van der Waals surface area contributed by atoms with Crippen LogP contribution in [0.15, 0.2) is 18.2 Å². The van der Waals surface area contributed by atoms with E-state index >= 15 is 0 Å². The molecule has 0 radical (unpaired) electrons. The molecule has 2 saturated heterocycles. The topological polar surface area (TPSA) is 25.1 Å². The van der Waals surface area contributed by atoms with E-state index in [4.69, 9.17) is 21.1 Å². The molecule has 1 aromatic carbocycles. The van der Waals surface area contributed by atoms with E-state index in [2.05, 4.69) is 6.07 Å². The summed E-state index contributed by atoms with van der Waals surface area (Å²) in [6, 6.07) is 6.11. The average Bonchev–Trinajstić information content (AvgIpc) is 3.06. The molecule has 2 aliphatic heterocycles. The van der Waals surface area contributed by atoms with Crippen LogP contribution in [-0.2, 0) is 22.3 Å². The van der Waals surface area contributed by atoms with Gasteiger partial charge < -0.3 is 9.47 Å². The summed E-state index contributed by atoms with van der Waals surface area (Å²) in [4.78, 5) is 0. The third-order valence-corrected chi connectivity index (χ3v) is 3.25. The Kier molecular flexibility index (Phi) is 2.43. The number of halogens is 1. The standard InChI is InChI=1S/C12H13ClO2/c13-12-3-1-2-8(4-9-6-14-9)11(12)5-10-7-15-10/h1-3,9-10H,4-7H2. The summed E-state index contributed by atoms with van der Waals surface area (Å²) in [5, 5.41) is 0.864. The van der Waals surface area contributed by atoms with Gasteiger partial charge in [0.1, 0.15) is 0 Å². The predicted molar refractivity (Wildman–Crippen MR) is 58.3 cm³/mol. The first-order valence-corrected chi connectivity index (χ1v) is 5.70. The van der Waals surface area contributed by atoms with Crippen LogP contribution >= 0.6 is 11.6 Å². The molecule has 3 heteroatoms. The SMILES string of the molecule is Clc1cccc(CC2CO2)c1CC1CO1. The van der Waals surface area contributed by atoms with Crippen molar-refractivity contribution >= 4 is 11.6 Å². The van der Waals surface area contributed by atoms with Gasteiger partial charge in [0.2, 0.25) is 0 Å². The monoisotopic (exact) mass is 224 g/mol. The van der Waals surface area contributed by atoms with Crippen LogP contribution in [0.4, 0.5) is 0 Å². The molecule has 0 aromatic heterocycles. The molecule has 2 fully saturated rings. The van der Waals surface area contributed by atoms with Crippen molar-refractivity contribution in [2.75, 3.05) is 13.2 Å². The van der Waals surface area contributed by atoms with Crippen molar-refractivity contribution in [1.29, 1.82) is 0 Å². The van der Waals surface area contributed by atoms with E-state index in [-0.39, 0.29) is 0 Å². The number of hydrogen-bond acceptors (Lipinski definition) is 2. The summed E-state index contributed by atoms with van der Waals surface area (Å²) in [5.74, 6) is 0. The number of benzene rings is 1. The molecule has 2 aliphatic rings. The van der Waals surface area contributed by atoms with Crippen LogP contribution in [0.5, 0.6) is 0 Å². The van der Waals surface area contributed by atoms with Crippen LogP contribution in [0.3, 0.4) is 0 Å². The van der Waals surface area contributed by atoms with Crippen molar-refractivity contribution in [3.05, 3.63) is 34.3 Å². The summed E-state index contributed by atoms with van der Waals surface area (Å²) < 4.78 is 10.5. The molecular formula is C12H13ClO2. The molecule has 1 aromatic rings. The van der Waals surface area contributed by atoms with E-state index in [1.54, 1.807) is 0 Å². The first-order chi connectivity index (χ1) is 7.33. The molecule has 0 bridgehead atoms. The summed E-state index contributed by atoms with van der Waals surface area (Å²) in [6.07, 6.45) is 2.75. The van der Waals surface area contributed by atoms with E-state index < -0.39 is 0 Å². The molecule has 2 nitrogen and oxygen atoms in total. The maximum Gasteiger partial charge on any atom is 0.0850 e. The van der Waals surface area contributed by atoms with Gasteiger partial charge in [-0.2, -0.15) is 0 Å². The minimum atomic E-state index is 0.392. The van der Waals surface area contributed by atoms with Crippen molar-refractivity contribution < 1.29 is 9.47 Å². The van der Waals surface area contributed by atoms with Crippen molar-refractivity contribution in [2.24, 2.45) is 0 Å². The number of hydrogen-bond donors (Lipinski definition) is 0. The molecular weight excluding hydrogens is 212 g/mol. The van der Waals surface area contributed by atoms with Crippen molar-refractivity contribution in [1.82, 2.24) is 0 Å². The third-order valence-electron chi connectivity index (χ3n) is 2.90. The highest BCUT2D eigenvalue weighted by molar-refractivity contribution is 6.31. The van der Waals surface area contributed by atoms with Gasteiger partial charge in [0.15, 0.2) is 0 Å². The van der Waals surface area contributed by atoms with Gasteiger partial charge in [-0.15, -0.1) is 0 Å². The highest BCUT2D eigenvalue weighted by Crippen LogP contribution is 2.28. The van der Waals surface area contributed by atoms with Gasteiger partial charge in [-0.3, -0.25) is 0 Å². The van der Waals surface area contributed by atoms with Gasteiger partial charge >= 0.3 is 0 Å². The van der Waals surface area contributed by atoms with Crippen LogP contribution in [0.2, 0.25) is 5.02 Å². The lowest BCUT2D eigenvalue weighted by molar-refractivity contribution is 0.401. The lowest BCUT2D eigenvalue weighted by Gasteiger charge is -2.09. The van der Waals surface area contributed by atoms with Gasteiger partial charge in [0.25, 0.3) is 0 Å². The largest absolute Gasteiger partial charge is 0.373 e. The minimum absolute atomic E-state index is 0.392. The van der Waals surface area contributed by atoms with Crippen LogP contribution in [0.1, 0.15) is 11.1 Å². The van der Waals surface area contributed by atoms with Gasteiger partial charge in [0.05, 0.1) is 25.4 Å². The summed E-state index contributed by atoms with van der Waals surface area (Å²) in [7, 11) is 0. The normalized spacial score (nSPS) is 27.8. The second-order valence-electron chi connectivity index (χ2n) is 4.20. The first kappa shape index (κ1) is 9.64. The highest BCUT2D eigenvalue weighted by atomic mass is 35.5. The fourth-order valence-electron chi connectivity index (χ4n) is 1.87. The Morgan fingerprint density at radius 2 is 1.80 bits per heavy atom. The number of epoxide rings is 2. The number of rotatable bonds is 4. The van der Waals surface area contributed by atoms with Crippen LogP contribution in [-0.4, -0.2) is 25.4 Å². The maximum atomic E-state index is 6.21. The first-order valence-electron chi connectivity index (χ1n) is 5.32. The zero-order valence-corrected chi connectivity index (χ0v) is 9.17. The molecule has 0 aliphatic carbocycles. The number of ether oxygens (including phenoxy) is 2. The van der Waals surface area contributed by atoms with Crippen molar-refractivity contribution in [3.63, 3.8) is 0 Å². The zero-order chi connectivity index (χ0) is 10.3. The fourth-order valence-corrected chi connectivity index (χ4v) is 2.14. The van der Waals surface area contributed by atoms with Crippen LogP contribution in [0, 0.1) is 0 Å². The van der Waals surface area contributed by atoms with Crippen LogP contribution in [0.25, 0.3) is 0 Å². The third kappa shape index (κ3) is 2.33. The Morgan fingerprint density at radius 3 is 2.47 bits per heavy atom. The highest BCUT2D eigenvalue weighted by Gasteiger charge is 2.28. The molecule has 15 heavy (non-hydrogen) atoms. The Hall–Kier alpha value is -0.570. The summed E-state index contributed by atoms with van der Waals surface area (Å²) in [6.45, 7) is 1.77. The zero-order valence-electron chi connectivity index (χ0n) is 8.41. The molecule has 0 spiro atoms. The maximum absolute atomic E-state index is 6.21. The second-order valence-corrected chi connectivity index (χ2v) is 4.60. The minimum Gasteiger partial charge on any atom is -0.373 e. The van der Waals surface area contributed by atoms with E-state index in [0.29, 0.717) is 12.2 Å². The van der Waals surface area contributed by atoms with Crippen molar-refractivity contribution in [3.8, 4) is 0 Å². The Labute approximate surface area is 94.1 Å². The molecule has 2 atom stereocenters. The van der Waals surface area contributed by atoms with E-state index in [1.807, 2.05) is 12.1 Å². The molecule has 2 unspecified atom stereocenters. The Bertz CT molecular complexity index is 370. The quantitative estimate of drug-likeness (QED) is 0.733. The van der Waals surface area contributed by atoms with Gasteiger partial charge in [-0.1, -0.05) is 23.7 Å². The van der Waals surface area contributed by atoms with Crippen LogP contribution < -0.4 is 0 Å². The smallest absolute Gasteiger partial charge is 0.0850 e.